The molecular formula is C12H22N4. The lowest BCUT2D eigenvalue weighted by atomic mass is 10.2. The molecule has 16 heavy (non-hydrogen) atoms. The SMILES string of the molecule is Cc1cn(CC(C)C)c(N2CCNCC2)n1. The average Bonchev–Trinajstić information content (AvgIpc) is 2.60. The van der Waals surface area contributed by atoms with Gasteiger partial charge >= 0.3 is 0 Å². The molecule has 1 fully saturated rings. The Hall–Kier alpha value is -1.03. The van der Waals surface area contributed by atoms with Gasteiger partial charge in [0.2, 0.25) is 5.95 Å². The lowest BCUT2D eigenvalue weighted by molar-refractivity contribution is 0.506. The molecule has 0 unspecified atom stereocenters. The van der Waals surface area contributed by atoms with Crippen molar-refractivity contribution in [2.45, 2.75) is 27.3 Å². The largest absolute Gasteiger partial charge is 0.340 e. The first-order valence-electron chi connectivity index (χ1n) is 6.16. The second-order valence-corrected chi connectivity index (χ2v) is 4.97. The van der Waals surface area contributed by atoms with E-state index < -0.39 is 0 Å². The first kappa shape index (κ1) is 11.5. The summed E-state index contributed by atoms with van der Waals surface area (Å²) in [6.45, 7) is 11.9. The van der Waals surface area contributed by atoms with Crippen LogP contribution in [0.3, 0.4) is 0 Å². The van der Waals surface area contributed by atoms with Gasteiger partial charge in [0, 0.05) is 38.9 Å². The summed E-state index contributed by atoms with van der Waals surface area (Å²) in [5.74, 6) is 1.81. The fourth-order valence-corrected chi connectivity index (χ4v) is 2.18. The van der Waals surface area contributed by atoms with Gasteiger partial charge in [-0.1, -0.05) is 13.8 Å². The second kappa shape index (κ2) is 4.87. The average molecular weight is 222 g/mol. The van der Waals surface area contributed by atoms with Gasteiger partial charge < -0.3 is 14.8 Å². The van der Waals surface area contributed by atoms with Crippen LogP contribution in [0.15, 0.2) is 6.20 Å². The van der Waals surface area contributed by atoms with E-state index >= 15 is 0 Å². The number of rotatable bonds is 3. The fraction of sp³-hybridized carbons (Fsp3) is 0.750. The molecule has 90 valence electrons. The number of hydrogen-bond acceptors (Lipinski definition) is 3. The monoisotopic (exact) mass is 222 g/mol. The van der Waals surface area contributed by atoms with Gasteiger partial charge in [-0.15, -0.1) is 0 Å². The molecule has 1 aromatic rings. The summed E-state index contributed by atoms with van der Waals surface area (Å²) in [6.07, 6.45) is 2.16. The Balaban J connectivity index is 2.17. The number of aryl methyl sites for hydroxylation is 1. The molecule has 1 aromatic heterocycles. The maximum Gasteiger partial charge on any atom is 0.205 e. The number of imidazole rings is 1. The van der Waals surface area contributed by atoms with Crippen molar-refractivity contribution in [2.75, 3.05) is 31.1 Å². The molecule has 2 rings (SSSR count). The standard InChI is InChI=1S/C12H22N4/c1-10(2)8-16-9-11(3)14-12(16)15-6-4-13-5-7-15/h9-10,13H,4-8H2,1-3H3. The molecule has 1 aliphatic rings. The van der Waals surface area contributed by atoms with Gasteiger partial charge in [0.05, 0.1) is 5.69 Å². The third-order valence-electron chi connectivity index (χ3n) is 2.84. The van der Waals surface area contributed by atoms with Crippen LogP contribution in [0.4, 0.5) is 5.95 Å². The third-order valence-corrected chi connectivity index (χ3v) is 2.84. The number of piperazine rings is 1. The van der Waals surface area contributed by atoms with Gasteiger partial charge in [0.25, 0.3) is 0 Å². The van der Waals surface area contributed by atoms with Crippen LogP contribution in [-0.4, -0.2) is 35.7 Å². The topological polar surface area (TPSA) is 33.1 Å². The second-order valence-electron chi connectivity index (χ2n) is 4.97. The summed E-state index contributed by atoms with van der Waals surface area (Å²) in [7, 11) is 0. The summed E-state index contributed by atoms with van der Waals surface area (Å²) in [6, 6.07) is 0. The number of anilines is 1. The molecule has 0 atom stereocenters. The maximum atomic E-state index is 4.65. The molecule has 1 aliphatic heterocycles. The first-order valence-corrected chi connectivity index (χ1v) is 6.16. The van der Waals surface area contributed by atoms with Gasteiger partial charge in [0.1, 0.15) is 0 Å². The van der Waals surface area contributed by atoms with E-state index in [0.717, 1.165) is 44.4 Å². The van der Waals surface area contributed by atoms with E-state index in [9.17, 15) is 0 Å². The highest BCUT2D eigenvalue weighted by atomic mass is 15.3. The third kappa shape index (κ3) is 2.55. The predicted octanol–water partition coefficient (Wildman–Crippen LogP) is 1.26. The minimum Gasteiger partial charge on any atom is -0.340 e. The summed E-state index contributed by atoms with van der Waals surface area (Å²) in [5.41, 5.74) is 1.12. The molecule has 0 radical (unpaired) electrons. The zero-order valence-electron chi connectivity index (χ0n) is 10.5. The summed E-state index contributed by atoms with van der Waals surface area (Å²) < 4.78 is 2.30. The van der Waals surface area contributed by atoms with Crippen molar-refractivity contribution in [3.8, 4) is 0 Å². The Morgan fingerprint density at radius 3 is 2.69 bits per heavy atom. The minimum absolute atomic E-state index is 0.662. The number of nitrogens with one attached hydrogen (secondary N) is 1. The van der Waals surface area contributed by atoms with E-state index in [2.05, 4.69) is 46.7 Å². The van der Waals surface area contributed by atoms with Crippen LogP contribution < -0.4 is 10.2 Å². The normalized spacial score (nSPS) is 17.1. The van der Waals surface area contributed by atoms with E-state index in [4.69, 9.17) is 0 Å². The van der Waals surface area contributed by atoms with Crippen LogP contribution in [0.1, 0.15) is 19.5 Å². The molecule has 2 heterocycles. The first-order chi connectivity index (χ1) is 7.66. The Kier molecular flexibility index (Phi) is 3.49. The summed E-state index contributed by atoms with van der Waals surface area (Å²) >= 11 is 0. The van der Waals surface area contributed by atoms with E-state index in [-0.39, 0.29) is 0 Å². The van der Waals surface area contributed by atoms with Crippen molar-refractivity contribution < 1.29 is 0 Å². The Bertz CT molecular complexity index is 337. The number of nitrogens with zero attached hydrogens (tertiary/aromatic N) is 3. The van der Waals surface area contributed by atoms with Crippen molar-refractivity contribution in [1.29, 1.82) is 0 Å². The van der Waals surface area contributed by atoms with Crippen molar-refractivity contribution in [1.82, 2.24) is 14.9 Å². The Morgan fingerprint density at radius 2 is 2.06 bits per heavy atom. The number of hydrogen-bond donors (Lipinski definition) is 1. The predicted molar refractivity (Wildman–Crippen MR) is 66.9 cm³/mol. The summed E-state index contributed by atoms with van der Waals surface area (Å²) in [5, 5.41) is 3.37. The lowest BCUT2D eigenvalue weighted by Gasteiger charge is -2.29. The summed E-state index contributed by atoms with van der Waals surface area (Å²) in [4.78, 5) is 7.03. The van der Waals surface area contributed by atoms with Crippen LogP contribution in [-0.2, 0) is 6.54 Å². The van der Waals surface area contributed by atoms with Gasteiger partial charge in [-0.05, 0) is 12.8 Å². The molecule has 0 amide bonds. The van der Waals surface area contributed by atoms with Crippen LogP contribution in [0.25, 0.3) is 0 Å². The van der Waals surface area contributed by atoms with Crippen LogP contribution in [0.2, 0.25) is 0 Å². The quantitative estimate of drug-likeness (QED) is 0.836. The maximum absolute atomic E-state index is 4.65. The molecule has 0 saturated carbocycles. The van der Waals surface area contributed by atoms with E-state index in [0.29, 0.717) is 5.92 Å². The molecule has 4 heteroatoms. The van der Waals surface area contributed by atoms with Gasteiger partial charge in [-0.2, -0.15) is 0 Å². The van der Waals surface area contributed by atoms with Gasteiger partial charge in [0.15, 0.2) is 0 Å². The highest BCUT2D eigenvalue weighted by molar-refractivity contribution is 5.34. The molecule has 0 spiro atoms. The van der Waals surface area contributed by atoms with E-state index in [1.54, 1.807) is 0 Å². The van der Waals surface area contributed by atoms with Crippen molar-refractivity contribution in [3.63, 3.8) is 0 Å². The van der Waals surface area contributed by atoms with Crippen molar-refractivity contribution in [2.24, 2.45) is 5.92 Å². The molecule has 4 nitrogen and oxygen atoms in total. The Labute approximate surface area is 97.7 Å². The van der Waals surface area contributed by atoms with E-state index in [1.807, 2.05) is 0 Å². The molecule has 0 aliphatic carbocycles. The van der Waals surface area contributed by atoms with E-state index in [1.165, 1.54) is 0 Å². The minimum atomic E-state index is 0.662. The molecular weight excluding hydrogens is 200 g/mol. The highest BCUT2D eigenvalue weighted by Gasteiger charge is 2.16. The van der Waals surface area contributed by atoms with Crippen LogP contribution in [0.5, 0.6) is 0 Å². The van der Waals surface area contributed by atoms with Crippen molar-refractivity contribution >= 4 is 5.95 Å². The molecule has 1 saturated heterocycles. The van der Waals surface area contributed by atoms with Crippen LogP contribution in [0, 0.1) is 12.8 Å². The number of aromatic nitrogens is 2. The highest BCUT2D eigenvalue weighted by Crippen LogP contribution is 2.16. The smallest absolute Gasteiger partial charge is 0.205 e. The van der Waals surface area contributed by atoms with Gasteiger partial charge in [-0.3, -0.25) is 0 Å². The van der Waals surface area contributed by atoms with Gasteiger partial charge in [-0.25, -0.2) is 4.98 Å². The molecule has 0 bridgehead atoms. The van der Waals surface area contributed by atoms with Crippen molar-refractivity contribution in [3.05, 3.63) is 11.9 Å². The van der Waals surface area contributed by atoms with Crippen LogP contribution >= 0.6 is 0 Å². The fourth-order valence-electron chi connectivity index (χ4n) is 2.18. The zero-order valence-corrected chi connectivity index (χ0v) is 10.5. The Morgan fingerprint density at radius 1 is 1.38 bits per heavy atom. The molecule has 1 N–H and O–H groups in total. The zero-order chi connectivity index (χ0) is 11.5. The lowest BCUT2D eigenvalue weighted by Crippen LogP contribution is -2.44. The molecule has 0 aromatic carbocycles.